The Morgan fingerprint density at radius 2 is 2.00 bits per heavy atom. The number of benzene rings is 1. The van der Waals surface area contributed by atoms with Crippen LogP contribution in [0, 0.1) is 5.92 Å². The van der Waals surface area contributed by atoms with Gasteiger partial charge in [0, 0.05) is 11.0 Å². The van der Waals surface area contributed by atoms with E-state index in [1.54, 1.807) is 19.1 Å². The molecule has 0 aliphatic heterocycles. The van der Waals surface area contributed by atoms with Gasteiger partial charge < -0.3 is 11.1 Å². The van der Waals surface area contributed by atoms with E-state index in [1.807, 2.05) is 0 Å². The second kappa shape index (κ2) is 5.75. The minimum atomic E-state index is -0.364. The number of nitrogens with one attached hydrogen (secondary N) is 1. The summed E-state index contributed by atoms with van der Waals surface area (Å²) in [5.41, 5.74) is 5.76. The highest BCUT2D eigenvalue weighted by Crippen LogP contribution is 2.33. The Kier molecular flexibility index (Phi) is 4.89. The summed E-state index contributed by atoms with van der Waals surface area (Å²) >= 11 is 15.3. The summed E-state index contributed by atoms with van der Waals surface area (Å²) < 4.78 is 0.802. The Bertz CT molecular complexity index is 389. The van der Waals surface area contributed by atoms with Crippen molar-refractivity contribution in [2.75, 3.05) is 11.9 Å². The average molecular weight is 326 g/mol. The molecular weight excluding hydrogens is 315 g/mol. The molecule has 0 fully saturated rings. The zero-order chi connectivity index (χ0) is 12.3. The van der Waals surface area contributed by atoms with E-state index in [-0.39, 0.29) is 11.8 Å². The highest BCUT2D eigenvalue weighted by Gasteiger charge is 2.11. The standard InChI is InChI=1S/C10H11BrCl2N2O/c1-5(10(14)16)4-15-9-7(12)2-6(11)3-8(9)13/h2-3,5,15H,4H2,1H3,(H2,14,16). The molecule has 1 aromatic rings. The number of carbonyl (C=O) groups excluding carboxylic acids is 1. The van der Waals surface area contributed by atoms with Crippen molar-refractivity contribution in [1.29, 1.82) is 0 Å². The number of primary amides is 1. The van der Waals surface area contributed by atoms with Crippen LogP contribution in [0.2, 0.25) is 10.0 Å². The van der Waals surface area contributed by atoms with Gasteiger partial charge in [0.25, 0.3) is 0 Å². The van der Waals surface area contributed by atoms with Gasteiger partial charge in [0.1, 0.15) is 0 Å². The van der Waals surface area contributed by atoms with Gasteiger partial charge in [-0.15, -0.1) is 0 Å². The molecule has 1 rings (SSSR count). The third-order valence-corrected chi connectivity index (χ3v) is 3.13. The summed E-state index contributed by atoms with van der Waals surface area (Å²) in [5.74, 6) is -0.646. The van der Waals surface area contributed by atoms with Gasteiger partial charge in [-0.3, -0.25) is 4.79 Å². The maximum absolute atomic E-state index is 10.9. The van der Waals surface area contributed by atoms with E-state index in [1.165, 1.54) is 0 Å². The minimum Gasteiger partial charge on any atom is -0.382 e. The summed E-state index contributed by atoms with van der Waals surface area (Å²) in [6.07, 6.45) is 0. The first kappa shape index (κ1) is 13.6. The van der Waals surface area contributed by atoms with Gasteiger partial charge in [0.05, 0.1) is 21.7 Å². The summed E-state index contributed by atoms with van der Waals surface area (Å²) in [5, 5.41) is 4.00. The molecule has 3 nitrogen and oxygen atoms in total. The van der Waals surface area contributed by atoms with Crippen LogP contribution in [0.25, 0.3) is 0 Å². The van der Waals surface area contributed by atoms with Crippen molar-refractivity contribution < 1.29 is 4.79 Å². The van der Waals surface area contributed by atoms with Crippen LogP contribution in [0.5, 0.6) is 0 Å². The molecule has 1 atom stereocenters. The van der Waals surface area contributed by atoms with E-state index < -0.39 is 0 Å². The molecule has 6 heteroatoms. The van der Waals surface area contributed by atoms with Crippen molar-refractivity contribution >= 4 is 50.7 Å². The zero-order valence-corrected chi connectivity index (χ0v) is 11.7. The van der Waals surface area contributed by atoms with E-state index in [4.69, 9.17) is 28.9 Å². The molecule has 16 heavy (non-hydrogen) atoms. The number of hydrogen-bond donors (Lipinski definition) is 2. The molecule has 0 spiro atoms. The van der Waals surface area contributed by atoms with Gasteiger partial charge in [-0.1, -0.05) is 46.1 Å². The van der Waals surface area contributed by atoms with Gasteiger partial charge in [0.15, 0.2) is 0 Å². The number of rotatable bonds is 4. The summed E-state index contributed by atoms with van der Waals surface area (Å²) in [7, 11) is 0. The van der Waals surface area contributed by atoms with Gasteiger partial charge in [-0.05, 0) is 12.1 Å². The number of halogens is 3. The first-order chi connectivity index (χ1) is 7.41. The predicted octanol–water partition coefficient (Wildman–Crippen LogP) is 3.29. The molecule has 0 aliphatic carbocycles. The molecular formula is C10H11BrCl2N2O. The summed E-state index contributed by atoms with van der Waals surface area (Å²) in [6, 6.07) is 3.45. The third-order valence-electron chi connectivity index (χ3n) is 2.08. The number of anilines is 1. The Hall–Kier alpha value is -0.450. The Labute approximate surface area is 112 Å². The second-order valence-corrected chi connectivity index (χ2v) is 5.16. The lowest BCUT2D eigenvalue weighted by atomic mass is 10.1. The van der Waals surface area contributed by atoms with Crippen LogP contribution in [-0.4, -0.2) is 12.5 Å². The van der Waals surface area contributed by atoms with Crippen molar-refractivity contribution in [3.8, 4) is 0 Å². The molecule has 0 aromatic heterocycles. The number of carbonyl (C=O) groups is 1. The largest absolute Gasteiger partial charge is 0.382 e. The number of hydrogen-bond acceptors (Lipinski definition) is 2. The van der Waals surface area contributed by atoms with Gasteiger partial charge in [0.2, 0.25) is 5.91 Å². The maximum atomic E-state index is 10.9. The summed E-state index contributed by atoms with van der Waals surface area (Å²) in [4.78, 5) is 10.9. The molecule has 3 N–H and O–H groups in total. The predicted molar refractivity (Wildman–Crippen MR) is 71.0 cm³/mol. The molecule has 1 aromatic carbocycles. The molecule has 88 valence electrons. The van der Waals surface area contributed by atoms with Crippen LogP contribution < -0.4 is 11.1 Å². The van der Waals surface area contributed by atoms with Crippen LogP contribution in [0.3, 0.4) is 0 Å². The summed E-state index contributed by atoms with van der Waals surface area (Å²) in [6.45, 7) is 2.13. The van der Waals surface area contributed by atoms with Crippen LogP contribution >= 0.6 is 39.1 Å². The molecule has 0 aliphatic rings. The molecule has 1 amide bonds. The van der Waals surface area contributed by atoms with E-state index in [0.717, 1.165) is 4.47 Å². The van der Waals surface area contributed by atoms with Crippen LogP contribution in [0.4, 0.5) is 5.69 Å². The Balaban J connectivity index is 2.78. The molecule has 0 heterocycles. The lowest BCUT2D eigenvalue weighted by molar-refractivity contribution is -0.120. The minimum absolute atomic E-state index is 0.282. The maximum Gasteiger partial charge on any atom is 0.222 e. The molecule has 0 bridgehead atoms. The first-order valence-electron chi connectivity index (χ1n) is 4.59. The molecule has 0 saturated heterocycles. The fraction of sp³-hybridized carbons (Fsp3) is 0.300. The van der Waals surface area contributed by atoms with E-state index >= 15 is 0 Å². The van der Waals surface area contributed by atoms with E-state index in [0.29, 0.717) is 22.3 Å². The second-order valence-electron chi connectivity index (χ2n) is 3.43. The van der Waals surface area contributed by atoms with Crippen molar-refractivity contribution in [3.05, 3.63) is 26.7 Å². The van der Waals surface area contributed by atoms with Gasteiger partial charge in [-0.2, -0.15) is 0 Å². The fourth-order valence-electron chi connectivity index (χ4n) is 1.07. The Morgan fingerprint density at radius 1 is 1.50 bits per heavy atom. The molecule has 0 saturated carbocycles. The Morgan fingerprint density at radius 3 is 2.44 bits per heavy atom. The number of nitrogens with two attached hydrogens (primary N) is 1. The number of amides is 1. The fourth-order valence-corrected chi connectivity index (χ4v) is 2.41. The molecule has 1 unspecified atom stereocenters. The van der Waals surface area contributed by atoms with Crippen LogP contribution in [0.1, 0.15) is 6.92 Å². The highest BCUT2D eigenvalue weighted by atomic mass is 79.9. The topological polar surface area (TPSA) is 55.1 Å². The quantitative estimate of drug-likeness (QED) is 0.892. The van der Waals surface area contributed by atoms with Crippen molar-refractivity contribution in [2.24, 2.45) is 11.7 Å². The van der Waals surface area contributed by atoms with E-state index in [9.17, 15) is 4.79 Å². The molecule has 0 radical (unpaired) electrons. The SMILES string of the molecule is CC(CNc1c(Cl)cc(Br)cc1Cl)C(N)=O. The smallest absolute Gasteiger partial charge is 0.222 e. The van der Waals surface area contributed by atoms with Gasteiger partial charge >= 0.3 is 0 Å². The van der Waals surface area contributed by atoms with Crippen LogP contribution in [0.15, 0.2) is 16.6 Å². The lowest BCUT2D eigenvalue weighted by Crippen LogP contribution is -2.26. The highest BCUT2D eigenvalue weighted by molar-refractivity contribution is 9.10. The van der Waals surface area contributed by atoms with Crippen LogP contribution in [-0.2, 0) is 4.79 Å². The zero-order valence-electron chi connectivity index (χ0n) is 8.56. The average Bonchev–Trinajstić information content (AvgIpc) is 2.15. The van der Waals surface area contributed by atoms with Crippen molar-refractivity contribution in [1.82, 2.24) is 0 Å². The first-order valence-corrected chi connectivity index (χ1v) is 6.14. The van der Waals surface area contributed by atoms with E-state index in [2.05, 4.69) is 21.2 Å². The van der Waals surface area contributed by atoms with Crippen molar-refractivity contribution in [2.45, 2.75) is 6.92 Å². The van der Waals surface area contributed by atoms with Crippen molar-refractivity contribution in [3.63, 3.8) is 0 Å². The normalized spacial score (nSPS) is 12.2. The monoisotopic (exact) mass is 324 g/mol. The lowest BCUT2D eigenvalue weighted by Gasteiger charge is -2.13. The third kappa shape index (κ3) is 3.54. The van der Waals surface area contributed by atoms with Gasteiger partial charge in [-0.25, -0.2) is 0 Å².